The van der Waals surface area contributed by atoms with Crippen LogP contribution in [0.15, 0.2) is 0 Å². The zero-order valence-electron chi connectivity index (χ0n) is 9.68. The number of sulfone groups is 1. The van der Waals surface area contributed by atoms with Crippen LogP contribution in [0.5, 0.6) is 0 Å². The molecule has 0 aromatic heterocycles. The Balaban J connectivity index is 2.07. The van der Waals surface area contributed by atoms with Gasteiger partial charge in [0.05, 0.1) is 17.4 Å². The molecule has 2 amide bonds. The molecule has 0 saturated carbocycles. The van der Waals surface area contributed by atoms with Crippen LogP contribution in [0.2, 0.25) is 0 Å². The van der Waals surface area contributed by atoms with Crippen LogP contribution in [0, 0.1) is 5.92 Å². The minimum Gasteiger partial charge on any atom is -0.353 e. The minimum absolute atomic E-state index is 0.0727. The Morgan fingerprint density at radius 2 is 2.18 bits per heavy atom. The highest BCUT2D eigenvalue weighted by Gasteiger charge is 2.38. The van der Waals surface area contributed by atoms with Crippen molar-refractivity contribution in [2.24, 2.45) is 5.92 Å². The van der Waals surface area contributed by atoms with Crippen LogP contribution in [0.25, 0.3) is 0 Å². The summed E-state index contributed by atoms with van der Waals surface area (Å²) >= 11 is 0. The minimum atomic E-state index is -3.06. The summed E-state index contributed by atoms with van der Waals surface area (Å²) in [4.78, 5) is 25.0. The van der Waals surface area contributed by atoms with E-state index >= 15 is 0 Å². The summed E-state index contributed by atoms with van der Waals surface area (Å²) in [5.41, 5.74) is 0. The first kappa shape index (κ1) is 12.3. The Kier molecular flexibility index (Phi) is 3.11. The number of piperazine rings is 1. The molecule has 2 fully saturated rings. The van der Waals surface area contributed by atoms with E-state index in [-0.39, 0.29) is 23.3 Å². The average Bonchev–Trinajstić information content (AvgIpc) is 2.62. The van der Waals surface area contributed by atoms with Crippen molar-refractivity contribution < 1.29 is 18.0 Å². The number of nitrogens with zero attached hydrogens (tertiary/aromatic N) is 1. The summed E-state index contributed by atoms with van der Waals surface area (Å²) in [5.74, 6) is -0.832. The lowest BCUT2D eigenvalue weighted by molar-refractivity contribution is -0.144. The zero-order valence-corrected chi connectivity index (χ0v) is 10.5. The molecule has 2 aliphatic rings. The highest BCUT2D eigenvalue weighted by Crippen LogP contribution is 2.22. The maximum absolute atomic E-state index is 12.1. The Bertz CT molecular complexity index is 445. The van der Waals surface area contributed by atoms with Crippen molar-refractivity contribution >= 4 is 21.7 Å². The second-order valence-electron chi connectivity index (χ2n) is 4.60. The molecule has 17 heavy (non-hydrogen) atoms. The first-order valence-corrected chi connectivity index (χ1v) is 7.51. The predicted molar refractivity (Wildman–Crippen MR) is 60.9 cm³/mol. The number of nitrogens with one attached hydrogen (secondary N) is 1. The molecule has 1 N–H and O–H groups in total. The van der Waals surface area contributed by atoms with Crippen molar-refractivity contribution in [3.8, 4) is 0 Å². The number of amides is 2. The van der Waals surface area contributed by atoms with E-state index < -0.39 is 21.8 Å². The second-order valence-corrected chi connectivity index (χ2v) is 6.83. The third kappa shape index (κ3) is 2.43. The molecule has 0 aromatic rings. The fourth-order valence-electron chi connectivity index (χ4n) is 2.31. The second kappa shape index (κ2) is 4.29. The van der Waals surface area contributed by atoms with Gasteiger partial charge in [-0.15, -0.1) is 0 Å². The van der Waals surface area contributed by atoms with Gasteiger partial charge in [-0.3, -0.25) is 9.59 Å². The predicted octanol–water partition coefficient (Wildman–Crippen LogP) is -1.23. The third-order valence-corrected chi connectivity index (χ3v) is 5.13. The van der Waals surface area contributed by atoms with Gasteiger partial charge < -0.3 is 10.2 Å². The van der Waals surface area contributed by atoms with Crippen molar-refractivity contribution in [3.63, 3.8) is 0 Å². The van der Waals surface area contributed by atoms with Gasteiger partial charge in [0.25, 0.3) is 0 Å². The van der Waals surface area contributed by atoms with Gasteiger partial charge in [-0.25, -0.2) is 8.42 Å². The van der Waals surface area contributed by atoms with Gasteiger partial charge in [0, 0.05) is 13.1 Å². The summed E-state index contributed by atoms with van der Waals surface area (Å²) in [6.07, 6.45) is 0.381. The lowest BCUT2D eigenvalue weighted by Gasteiger charge is -2.34. The van der Waals surface area contributed by atoms with Crippen LogP contribution in [0.4, 0.5) is 0 Å². The SMILES string of the molecule is CC1C(=O)NCCN1C(=O)C1CCS(=O)(=O)C1. The smallest absolute Gasteiger partial charge is 0.242 e. The Hall–Kier alpha value is -1.11. The average molecular weight is 260 g/mol. The van der Waals surface area contributed by atoms with Crippen molar-refractivity contribution in [1.29, 1.82) is 0 Å². The normalized spacial score (nSPS) is 32.3. The molecule has 0 aliphatic carbocycles. The molecule has 0 aromatic carbocycles. The van der Waals surface area contributed by atoms with E-state index in [9.17, 15) is 18.0 Å². The Morgan fingerprint density at radius 3 is 2.76 bits per heavy atom. The monoisotopic (exact) mass is 260 g/mol. The van der Waals surface area contributed by atoms with Crippen LogP contribution in [0.3, 0.4) is 0 Å². The number of hydrogen-bond donors (Lipinski definition) is 1. The molecule has 2 saturated heterocycles. The Morgan fingerprint density at radius 1 is 1.47 bits per heavy atom. The van der Waals surface area contributed by atoms with Gasteiger partial charge in [0.2, 0.25) is 11.8 Å². The van der Waals surface area contributed by atoms with Crippen molar-refractivity contribution in [2.75, 3.05) is 24.6 Å². The zero-order chi connectivity index (χ0) is 12.6. The number of carbonyl (C=O) groups excluding carboxylic acids is 2. The standard InChI is InChI=1S/C10H16N2O4S/c1-7-9(13)11-3-4-12(7)10(14)8-2-5-17(15,16)6-8/h7-8H,2-6H2,1H3,(H,11,13). The van der Waals surface area contributed by atoms with Crippen LogP contribution in [-0.4, -0.2) is 55.8 Å². The van der Waals surface area contributed by atoms with Crippen LogP contribution < -0.4 is 5.32 Å². The van der Waals surface area contributed by atoms with E-state index in [2.05, 4.69) is 5.32 Å². The van der Waals surface area contributed by atoms with E-state index in [1.165, 1.54) is 4.90 Å². The van der Waals surface area contributed by atoms with Crippen molar-refractivity contribution in [2.45, 2.75) is 19.4 Å². The quantitative estimate of drug-likeness (QED) is 0.640. The van der Waals surface area contributed by atoms with E-state index in [1.807, 2.05) is 0 Å². The van der Waals surface area contributed by atoms with E-state index in [0.717, 1.165) is 0 Å². The molecule has 0 radical (unpaired) electrons. The van der Waals surface area contributed by atoms with Gasteiger partial charge in [0.1, 0.15) is 6.04 Å². The van der Waals surface area contributed by atoms with Gasteiger partial charge in [-0.05, 0) is 13.3 Å². The number of hydrogen-bond acceptors (Lipinski definition) is 4. The summed E-state index contributed by atoms with van der Waals surface area (Å²) < 4.78 is 22.6. The molecular weight excluding hydrogens is 244 g/mol. The van der Waals surface area contributed by atoms with Crippen LogP contribution >= 0.6 is 0 Å². The molecule has 2 rings (SSSR count). The summed E-state index contributed by atoms with van der Waals surface area (Å²) in [7, 11) is -3.06. The maximum Gasteiger partial charge on any atom is 0.242 e. The molecule has 7 heteroatoms. The van der Waals surface area contributed by atoms with E-state index in [1.54, 1.807) is 6.92 Å². The molecular formula is C10H16N2O4S. The van der Waals surface area contributed by atoms with Gasteiger partial charge >= 0.3 is 0 Å². The third-order valence-electron chi connectivity index (χ3n) is 3.36. The molecule has 0 bridgehead atoms. The molecule has 2 atom stereocenters. The first-order valence-electron chi connectivity index (χ1n) is 5.69. The molecule has 6 nitrogen and oxygen atoms in total. The summed E-state index contributed by atoms with van der Waals surface area (Å²) in [6.45, 7) is 2.56. The van der Waals surface area contributed by atoms with E-state index in [0.29, 0.717) is 19.5 Å². The van der Waals surface area contributed by atoms with Crippen LogP contribution in [-0.2, 0) is 19.4 Å². The van der Waals surface area contributed by atoms with Crippen LogP contribution in [0.1, 0.15) is 13.3 Å². The molecule has 2 aliphatic heterocycles. The van der Waals surface area contributed by atoms with Gasteiger partial charge in [-0.1, -0.05) is 0 Å². The largest absolute Gasteiger partial charge is 0.353 e. The molecule has 2 unspecified atom stereocenters. The molecule has 96 valence electrons. The number of rotatable bonds is 1. The molecule has 2 heterocycles. The van der Waals surface area contributed by atoms with Gasteiger partial charge in [-0.2, -0.15) is 0 Å². The first-order chi connectivity index (χ1) is 7.91. The fourth-order valence-corrected chi connectivity index (χ4v) is 4.04. The van der Waals surface area contributed by atoms with Crippen molar-refractivity contribution in [3.05, 3.63) is 0 Å². The molecule has 0 spiro atoms. The Labute approximate surface area is 100 Å². The fraction of sp³-hybridized carbons (Fsp3) is 0.800. The lowest BCUT2D eigenvalue weighted by atomic mass is 10.1. The highest BCUT2D eigenvalue weighted by atomic mass is 32.2. The highest BCUT2D eigenvalue weighted by molar-refractivity contribution is 7.91. The topological polar surface area (TPSA) is 83.6 Å². The number of carbonyl (C=O) groups is 2. The lowest BCUT2D eigenvalue weighted by Crippen LogP contribution is -2.57. The van der Waals surface area contributed by atoms with Crippen molar-refractivity contribution in [1.82, 2.24) is 10.2 Å². The maximum atomic E-state index is 12.1. The van der Waals surface area contributed by atoms with Gasteiger partial charge in [0.15, 0.2) is 9.84 Å². The summed E-state index contributed by atoms with van der Waals surface area (Å²) in [5, 5.41) is 2.67. The van der Waals surface area contributed by atoms with E-state index in [4.69, 9.17) is 0 Å². The summed E-state index contributed by atoms with van der Waals surface area (Å²) in [6, 6.07) is -0.500.